The number of aliphatic carboxylic acids is 1. The van der Waals surface area contributed by atoms with E-state index in [4.69, 9.17) is 14.4 Å². The summed E-state index contributed by atoms with van der Waals surface area (Å²) < 4.78 is 36.9. The van der Waals surface area contributed by atoms with E-state index in [1.54, 1.807) is 0 Å². The number of aromatic nitrogens is 3. The molecule has 0 aromatic carbocycles. The third kappa shape index (κ3) is 5.49. The molecule has 0 fully saturated rings. The summed E-state index contributed by atoms with van der Waals surface area (Å²) in [5.74, 6) is -1.95. The molecule has 0 atom stereocenters. The van der Waals surface area contributed by atoms with Crippen LogP contribution in [0.4, 0.5) is 13.2 Å². The van der Waals surface area contributed by atoms with Crippen molar-refractivity contribution < 1.29 is 32.4 Å². The Bertz CT molecular complexity index is 866. The molecule has 3 N–H and O–H groups in total. The van der Waals surface area contributed by atoms with Gasteiger partial charge in [-0.2, -0.15) is 18.2 Å². The van der Waals surface area contributed by atoms with Crippen LogP contribution in [0.15, 0.2) is 10.7 Å². The molecule has 152 valence electrons. The van der Waals surface area contributed by atoms with Crippen LogP contribution in [0, 0.1) is 6.92 Å². The summed E-state index contributed by atoms with van der Waals surface area (Å²) in [6, 6.07) is 0. The number of fused-ring (bicyclic) bond motifs is 1. The third-order valence-electron chi connectivity index (χ3n) is 3.76. The Balaban J connectivity index is 0.000000345. The first-order valence-corrected chi connectivity index (χ1v) is 8.15. The van der Waals surface area contributed by atoms with E-state index in [1.165, 1.54) is 18.1 Å². The van der Waals surface area contributed by atoms with E-state index in [2.05, 4.69) is 25.8 Å². The normalized spacial score (nSPS) is 13.2. The van der Waals surface area contributed by atoms with Crippen LogP contribution < -0.4 is 10.6 Å². The van der Waals surface area contributed by atoms with Crippen LogP contribution in [-0.2, 0) is 29.1 Å². The second kappa shape index (κ2) is 8.78. The minimum Gasteiger partial charge on any atom is -0.475 e. The summed E-state index contributed by atoms with van der Waals surface area (Å²) in [4.78, 5) is 28.6. The maximum atomic E-state index is 10.9. The van der Waals surface area contributed by atoms with Crippen molar-refractivity contribution in [1.29, 1.82) is 0 Å². The third-order valence-corrected chi connectivity index (χ3v) is 3.76. The van der Waals surface area contributed by atoms with E-state index in [9.17, 15) is 18.0 Å². The topological polar surface area (TPSA) is 130 Å². The molecule has 28 heavy (non-hydrogen) atoms. The first kappa shape index (κ1) is 21.3. The lowest BCUT2D eigenvalue weighted by atomic mass is 9.95. The van der Waals surface area contributed by atoms with Crippen LogP contribution in [0.3, 0.4) is 0 Å². The average molecular weight is 401 g/mol. The molecule has 0 saturated heterocycles. The minimum absolute atomic E-state index is 0.129. The van der Waals surface area contributed by atoms with Crippen molar-refractivity contribution in [1.82, 2.24) is 25.8 Å². The molecule has 9 nitrogen and oxygen atoms in total. The van der Waals surface area contributed by atoms with Crippen molar-refractivity contribution in [2.45, 2.75) is 39.5 Å². The Kier molecular flexibility index (Phi) is 6.67. The van der Waals surface area contributed by atoms with Crippen molar-refractivity contribution in [3.8, 4) is 11.4 Å². The molecule has 1 aliphatic rings. The summed E-state index contributed by atoms with van der Waals surface area (Å²) in [7, 11) is 0. The lowest BCUT2D eigenvalue weighted by molar-refractivity contribution is -0.192. The van der Waals surface area contributed by atoms with Crippen LogP contribution in [0.25, 0.3) is 11.4 Å². The molecule has 12 heteroatoms. The van der Waals surface area contributed by atoms with Gasteiger partial charge in [0.15, 0.2) is 0 Å². The number of hydrogen-bond acceptors (Lipinski definition) is 7. The van der Waals surface area contributed by atoms with Crippen molar-refractivity contribution >= 4 is 11.9 Å². The van der Waals surface area contributed by atoms with E-state index < -0.39 is 12.1 Å². The maximum Gasteiger partial charge on any atom is 0.490 e. The number of carbonyl (C=O) groups is 2. The molecule has 0 radical (unpaired) electrons. The zero-order valence-electron chi connectivity index (χ0n) is 15.1. The molecular weight excluding hydrogens is 383 g/mol. The Morgan fingerprint density at radius 2 is 2.07 bits per heavy atom. The van der Waals surface area contributed by atoms with Crippen LogP contribution in [0.2, 0.25) is 0 Å². The maximum absolute atomic E-state index is 10.9. The van der Waals surface area contributed by atoms with Crippen LogP contribution in [0.1, 0.15) is 29.6 Å². The highest BCUT2D eigenvalue weighted by Crippen LogP contribution is 2.28. The number of carbonyl (C=O) groups excluding carboxylic acids is 1. The summed E-state index contributed by atoms with van der Waals surface area (Å²) >= 11 is 0. The Morgan fingerprint density at radius 1 is 1.39 bits per heavy atom. The number of nitrogens with one attached hydrogen (secondary N) is 2. The van der Waals surface area contributed by atoms with Gasteiger partial charge in [-0.3, -0.25) is 9.78 Å². The molecular formula is C16H18F3N5O4. The van der Waals surface area contributed by atoms with Crippen LogP contribution >= 0.6 is 0 Å². The van der Waals surface area contributed by atoms with Crippen LogP contribution in [-0.4, -0.2) is 44.8 Å². The van der Waals surface area contributed by atoms with Gasteiger partial charge in [0.05, 0.1) is 6.54 Å². The average Bonchev–Trinajstić information content (AvgIpc) is 3.08. The second-order valence-electron chi connectivity index (χ2n) is 5.87. The number of rotatable bonds is 3. The van der Waals surface area contributed by atoms with Gasteiger partial charge >= 0.3 is 12.1 Å². The monoisotopic (exact) mass is 401 g/mol. The van der Waals surface area contributed by atoms with Gasteiger partial charge in [0.25, 0.3) is 0 Å². The lowest BCUT2D eigenvalue weighted by Gasteiger charge is -2.19. The number of hydrogen-bond donors (Lipinski definition) is 3. The molecule has 0 unspecified atom stereocenters. The SMILES string of the molecule is CC(=O)NCc1nc(-c2c(C)ncc3c2CCNC3)no1.O=C(O)C(F)(F)F. The number of carboxylic acid groups (broad SMARTS) is 1. The molecule has 0 aliphatic carbocycles. The first-order valence-electron chi connectivity index (χ1n) is 8.15. The van der Waals surface area contributed by atoms with Gasteiger partial charge in [0, 0.05) is 30.9 Å². The predicted octanol–water partition coefficient (Wildman–Crippen LogP) is 1.36. The molecule has 1 amide bonds. The Hall–Kier alpha value is -3.02. The standard InChI is InChI=1S/C14H17N5O2.C2HF3O2/c1-8-13(11-3-4-15-5-10(11)6-16-8)14-18-12(21-19-14)7-17-9(2)20;3-2(4,5)1(6)7/h6,15H,3-5,7H2,1-2H3,(H,17,20);(H,6,7). The molecule has 3 rings (SSSR count). The van der Waals surface area contributed by atoms with Crippen LogP contribution in [0.5, 0.6) is 0 Å². The van der Waals surface area contributed by atoms with Gasteiger partial charge in [-0.1, -0.05) is 5.16 Å². The molecule has 2 aromatic heterocycles. The summed E-state index contributed by atoms with van der Waals surface area (Å²) in [6.07, 6.45) is -2.26. The highest BCUT2D eigenvalue weighted by molar-refractivity contribution is 5.73. The highest BCUT2D eigenvalue weighted by Gasteiger charge is 2.38. The Labute approximate surface area is 157 Å². The van der Waals surface area contributed by atoms with Crippen molar-refractivity contribution in [3.63, 3.8) is 0 Å². The molecule has 0 spiro atoms. The molecule has 1 aliphatic heterocycles. The number of alkyl halides is 3. The summed E-state index contributed by atoms with van der Waals surface area (Å²) in [5.41, 5.74) is 4.25. The largest absolute Gasteiger partial charge is 0.490 e. The van der Waals surface area contributed by atoms with Gasteiger partial charge in [0.1, 0.15) is 0 Å². The quantitative estimate of drug-likeness (QED) is 0.703. The van der Waals surface area contributed by atoms with Gasteiger partial charge in [-0.25, -0.2) is 4.79 Å². The number of nitrogens with zero attached hydrogens (tertiary/aromatic N) is 3. The fourth-order valence-electron chi connectivity index (χ4n) is 2.50. The van der Waals surface area contributed by atoms with Gasteiger partial charge in [-0.05, 0) is 31.0 Å². The van der Waals surface area contributed by atoms with Crippen molar-refractivity contribution in [2.24, 2.45) is 0 Å². The second-order valence-corrected chi connectivity index (χ2v) is 5.87. The van der Waals surface area contributed by atoms with Crippen molar-refractivity contribution in [3.05, 3.63) is 28.9 Å². The highest BCUT2D eigenvalue weighted by atomic mass is 19.4. The van der Waals surface area contributed by atoms with E-state index in [-0.39, 0.29) is 12.5 Å². The molecule has 2 aromatic rings. The van der Waals surface area contributed by atoms with E-state index in [1.807, 2.05) is 13.1 Å². The lowest BCUT2D eigenvalue weighted by Crippen LogP contribution is -2.25. The van der Waals surface area contributed by atoms with Gasteiger partial charge < -0.3 is 20.3 Å². The van der Waals surface area contributed by atoms with E-state index in [0.29, 0.717) is 11.7 Å². The predicted molar refractivity (Wildman–Crippen MR) is 88.9 cm³/mol. The number of halogens is 3. The van der Waals surface area contributed by atoms with E-state index in [0.717, 1.165) is 30.8 Å². The number of carboxylic acids is 1. The molecule has 0 bridgehead atoms. The number of pyridine rings is 1. The Morgan fingerprint density at radius 3 is 2.68 bits per heavy atom. The molecule has 3 heterocycles. The van der Waals surface area contributed by atoms with Crippen molar-refractivity contribution in [2.75, 3.05) is 6.54 Å². The minimum atomic E-state index is -5.08. The molecule has 0 saturated carbocycles. The first-order chi connectivity index (χ1) is 13.1. The smallest absolute Gasteiger partial charge is 0.475 e. The van der Waals surface area contributed by atoms with Gasteiger partial charge in [0.2, 0.25) is 17.6 Å². The summed E-state index contributed by atoms with van der Waals surface area (Å²) in [5, 5.41) is 17.1. The zero-order valence-corrected chi connectivity index (χ0v) is 15.1. The number of amides is 1. The van der Waals surface area contributed by atoms with Gasteiger partial charge in [-0.15, -0.1) is 0 Å². The fourth-order valence-corrected chi connectivity index (χ4v) is 2.50. The number of aryl methyl sites for hydroxylation is 1. The zero-order chi connectivity index (χ0) is 20.9. The van der Waals surface area contributed by atoms with E-state index >= 15 is 0 Å². The fraction of sp³-hybridized carbons (Fsp3) is 0.438. The summed E-state index contributed by atoms with van der Waals surface area (Å²) in [6.45, 7) is 5.38.